The number of amides is 1. The maximum Gasteiger partial charge on any atom is 0.272 e. The monoisotopic (exact) mass is 313 g/mol. The summed E-state index contributed by atoms with van der Waals surface area (Å²) in [6.45, 7) is 2.01. The van der Waals surface area contributed by atoms with Crippen LogP contribution in [0.25, 0.3) is 0 Å². The van der Waals surface area contributed by atoms with Gasteiger partial charge in [0.05, 0.1) is 43.0 Å². The van der Waals surface area contributed by atoms with Crippen molar-refractivity contribution in [2.24, 2.45) is 0 Å². The summed E-state index contributed by atoms with van der Waals surface area (Å²) in [5.41, 5.74) is 1.31. The molecule has 0 bridgehead atoms. The minimum absolute atomic E-state index is 0.00774. The van der Waals surface area contributed by atoms with E-state index in [0.29, 0.717) is 18.8 Å². The molecule has 2 saturated heterocycles. The van der Waals surface area contributed by atoms with Gasteiger partial charge in [0.1, 0.15) is 5.69 Å². The predicted molar refractivity (Wildman–Crippen MR) is 84.1 cm³/mol. The van der Waals surface area contributed by atoms with E-state index in [-0.39, 0.29) is 17.6 Å². The van der Waals surface area contributed by atoms with Gasteiger partial charge < -0.3 is 19.9 Å². The number of H-pyrrole nitrogens is 1. The Morgan fingerprint density at radius 3 is 3.17 bits per heavy atom. The van der Waals surface area contributed by atoms with Crippen LogP contribution in [0.15, 0.2) is 37.1 Å². The molecule has 2 aliphatic heterocycles. The number of likely N-dealkylation sites (tertiary alicyclic amines) is 1. The van der Waals surface area contributed by atoms with Crippen LogP contribution < -0.4 is 5.32 Å². The van der Waals surface area contributed by atoms with Crippen molar-refractivity contribution in [2.45, 2.75) is 24.5 Å². The van der Waals surface area contributed by atoms with E-state index in [2.05, 4.69) is 20.3 Å². The van der Waals surface area contributed by atoms with Crippen LogP contribution >= 0.6 is 0 Å². The molecule has 7 heteroatoms. The molecule has 0 saturated carbocycles. The molecule has 4 rings (SSSR count). The van der Waals surface area contributed by atoms with Gasteiger partial charge in [-0.3, -0.25) is 9.78 Å². The molecule has 1 spiro atoms. The molecule has 0 radical (unpaired) electrons. The normalized spacial score (nSPS) is 26.8. The second kappa shape index (κ2) is 5.66. The lowest BCUT2D eigenvalue weighted by Crippen LogP contribution is -2.36. The highest BCUT2D eigenvalue weighted by molar-refractivity contribution is 5.92. The summed E-state index contributed by atoms with van der Waals surface area (Å²) < 4.78 is 6.08. The highest BCUT2D eigenvalue weighted by Gasteiger charge is 2.47. The van der Waals surface area contributed by atoms with E-state index in [0.717, 1.165) is 25.1 Å². The number of carbonyl (C=O) groups is 1. The van der Waals surface area contributed by atoms with Crippen LogP contribution in [-0.2, 0) is 4.74 Å². The first kappa shape index (κ1) is 14.2. The number of carbonyl (C=O) groups excluding carboxylic acids is 1. The number of hydrogen-bond acceptors (Lipinski definition) is 5. The third-order valence-electron chi connectivity index (χ3n) is 4.57. The molecule has 4 heterocycles. The molecular weight excluding hydrogens is 294 g/mol. The average molecular weight is 313 g/mol. The van der Waals surface area contributed by atoms with Crippen molar-refractivity contribution in [2.75, 3.05) is 25.0 Å². The van der Waals surface area contributed by atoms with Crippen molar-refractivity contribution < 1.29 is 9.53 Å². The maximum absolute atomic E-state index is 12.4. The van der Waals surface area contributed by atoms with E-state index < -0.39 is 0 Å². The van der Waals surface area contributed by atoms with Gasteiger partial charge in [-0.15, -0.1) is 0 Å². The zero-order valence-electron chi connectivity index (χ0n) is 12.7. The number of ether oxygens (including phenoxy) is 1. The van der Waals surface area contributed by atoms with Gasteiger partial charge >= 0.3 is 0 Å². The number of aromatic nitrogens is 3. The number of rotatable bonds is 3. The van der Waals surface area contributed by atoms with Crippen LogP contribution in [0, 0.1) is 0 Å². The Kier molecular flexibility index (Phi) is 3.49. The summed E-state index contributed by atoms with van der Waals surface area (Å²) >= 11 is 0. The Balaban J connectivity index is 1.38. The third-order valence-corrected chi connectivity index (χ3v) is 4.57. The number of hydrogen-bond donors (Lipinski definition) is 2. The topological polar surface area (TPSA) is 83.1 Å². The van der Waals surface area contributed by atoms with Crippen LogP contribution in [0.2, 0.25) is 0 Å². The van der Waals surface area contributed by atoms with E-state index >= 15 is 0 Å². The van der Waals surface area contributed by atoms with Gasteiger partial charge in [0.25, 0.3) is 5.91 Å². The van der Waals surface area contributed by atoms with Crippen molar-refractivity contribution in [1.82, 2.24) is 19.9 Å². The first-order valence-corrected chi connectivity index (χ1v) is 7.82. The Morgan fingerprint density at radius 2 is 2.39 bits per heavy atom. The fourth-order valence-corrected chi connectivity index (χ4v) is 3.47. The number of anilines is 1. The fraction of sp³-hybridized carbons (Fsp3) is 0.438. The second-order valence-corrected chi connectivity index (χ2v) is 6.22. The van der Waals surface area contributed by atoms with E-state index in [4.69, 9.17) is 4.74 Å². The number of nitrogens with one attached hydrogen (secondary N) is 2. The molecule has 7 nitrogen and oxygen atoms in total. The number of imidazole rings is 1. The van der Waals surface area contributed by atoms with Gasteiger partial charge in [0.2, 0.25) is 0 Å². The minimum atomic E-state index is -0.227. The average Bonchev–Trinajstić information content (AvgIpc) is 3.31. The Bertz CT molecular complexity index is 675. The Labute approximate surface area is 134 Å². The zero-order valence-corrected chi connectivity index (χ0v) is 12.7. The van der Waals surface area contributed by atoms with Crippen molar-refractivity contribution in [1.29, 1.82) is 0 Å². The molecule has 0 aromatic carbocycles. The SMILES string of the molecule is O=C(c1cnc[nH]1)N1CCC2(CC(Nc3cccnc3)CO2)C1. The lowest BCUT2D eigenvalue weighted by atomic mass is 9.97. The molecule has 2 aromatic rings. The summed E-state index contributed by atoms with van der Waals surface area (Å²) in [4.78, 5) is 25.1. The molecule has 2 N–H and O–H groups in total. The van der Waals surface area contributed by atoms with Crippen molar-refractivity contribution in [3.63, 3.8) is 0 Å². The van der Waals surface area contributed by atoms with Crippen molar-refractivity contribution >= 4 is 11.6 Å². The minimum Gasteiger partial charge on any atom is -0.379 e. The van der Waals surface area contributed by atoms with Crippen LogP contribution in [-0.4, -0.2) is 57.1 Å². The van der Waals surface area contributed by atoms with Crippen molar-refractivity contribution in [3.8, 4) is 0 Å². The van der Waals surface area contributed by atoms with Gasteiger partial charge in [-0.05, 0) is 18.6 Å². The molecule has 2 unspecified atom stereocenters. The Hall–Kier alpha value is -2.41. The van der Waals surface area contributed by atoms with Crippen LogP contribution in [0.5, 0.6) is 0 Å². The van der Waals surface area contributed by atoms with Gasteiger partial charge in [0, 0.05) is 25.4 Å². The fourth-order valence-electron chi connectivity index (χ4n) is 3.47. The molecule has 2 atom stereocenters. The summed E-state index contributed by atoms with van der Waals surface area (Å²) in [5.74, 6) is -0.00774. The summed E-state index contributed by atoms with van der Waals surface area (Å²) in [6, 6.07) is 4.16. The largest absolute Gasteiger partial charge is 0.379 e. The van der Waals surface area contributed by atoms with Gasteiger partial charge in [0.15, 0.2) is 0 Å². The quantitative estimate of drug-likeness (QED) is 0.892. The van der Waals surface area contributed by atoms with E-state index in [1.807, 2.05) is 23.2 Å². The van der Waals surface area contributed by atoms with Crippen molar-refractivity contribution in [3.05, 3.63) is 42.7 Å². The zero-order chi connectivity index (χ0) is 15.7. The predicted octanol–water partition coefficient (Wildman–Crippen LogP) is 1.29. The second-order valence-electron chi connectivity index (χ2n) is 6.22. The first-order chi connectivity index (χ1) is 11.2. The van der Waals surface area contributed by atoms with E-state index in [9.17, 15) is 4.79 Å². The van der Waals surface area contributed by atoms with Gasteiger partial charge in [-0.2, -0.15) is 0 Å². The third kappa shape index (κ3) is 2.79. The lowest BCUT2D eigenvalue weighted by Gasteiger charge is -2.23. The van der Waals surface area contributed by atoms with Crippen LogP contribution in [0.1, 0.15) is 23.3 Å². The molecule has 2 aliphatic rings. The number of nitrogens with zero attached hydrogens (tertiary/aromatic N) is 3. The summed E-state index contributed by atoms with van der Waals surface area (Å²) in [6.07, 6.45) is 8.43. The highest BCUT2D eigenvalue weighted by Crippen LogP contribution is 2.36. The highest BCUT2D eigenvalue weighted by atomic mass is 16.5. The van der Waals surface area contributed by atoms with Gasteiger partial charge in [-0.25, -0.2) is 4.98 Å². The molecule has 2 fully saturated rings. The lowest BCUT2D eigenvalue weighted by molar-refractivity contribution is 0.0124. The molecule has 1 amide bonds. The standard InChI is InChI=1S/C16H19N5O2/c22-15(14-8-18-11-19-14)21-5-3-16(10-21)6-13(9-23-16)20-12-2-1-4-17-7-12/h1-2,4,7-8,11,13,20H,3,5-6,9-10H2,(H,18,19). The van der Waals surface area contributed by atoms with E-state index in [1.54, 1.807) is 12.4 Å². The molecule has 2 aromatic heterocycles. The van der Waals surface area contributed by atoms with Gasteiger partial charge in [-0.1, -0.05) is 0 Å². The maximum atomic E-state index is 12.4. The Morgan fingerprint density at radius 1 is 1.43 bits per heavy atom. The molecule has 0 aliphatic carbocycles. The first-order valence-electron chi connectivity index (χ1n) is 7.82. The smallest absolute Gasteiger partial charge is 0.272 e. The van der Waals surface area contributed by atoms with Crippen LogP contribution in [0.4, 0.5) is 5.69 Å². The number of aromatic amines is 1. The summed E-state index contributed by atoms with van der Waals surface area (Å²) in [5, 5.41) is 3.46. The van der Waals surface area contributed by atoms with Crippen LogP contribution in [0.3, 0.4) is 0 Å². The van der Waals surface area contributed by atoms with E-state index in [1.165, 1.54) is 6.33 Å². The molecule has 23 heavy (non-hydrogen) atoms. The number of pyridine rings is 1. The molecular formula is C16H19N5O2. The molecule has 120 valence electrons. The summed E-state index contributed by atoms with van der Waals surface area (Å²) in [7, 11) is 0.